The second kappa shape index (κ2) is 9.02. The first-order chi connectivity index (χ1) is 15.0. The summed E-state index contributed by atoms with van der Waals surface area (Å²) in [6.45, 7) is 4.02. The van der Waals surface area contributed by atoms with Crippen molar-refractivity contribution in [2.45, 2.75) is 26.2 Å². The third-order valence-electron chi connectivity index (χ3n) is 5.59. The number of nitrogens with two attached hydrogens (primary N) is 1. The summed E-state index contributed by atoms with van der Waals surface area (Å²) in [5.41, 5.74) is 9.39. The summed E-state index contributed by atoms with van der Waals surface area (Å²) in [6.07, 6.45) is 6.65. The first-order valence-corrected chi connectivity index (χ1v) is 10.8. The molecule has 0 unspecified atom stereocenters. The number of carbonyl (C=O) groups excluding carboxylic acids is 1. The Hall–Kier alpha value is -2.99. The molecule has 0 saturated heterocycles. The average molecular weight is 442 g/mol. The van der Waals surface area contributed by atoms with Gasteiger partial charge < -0.3 is 20.4 Å². The molecule has 31 heavy (non-hydrogen) atoms. The Morgan fingerprint density at radius 3 is 2.90 bits per heavy atom. The fraction of sp³-hybridized carbons (Fsp3) is 0.292. The number of H-pyrrole nitrogens is 1. The van der Waals surface area contributed by atoms with E-state index in [0.717, 1.165) is 54.0 Å². The van der Waals surface area contributed by atoms with E-state index in [0.29, 0.717) is 5.56 Å². The second-order valence-electron chi connectivity index (χ2n) is 7.72. The predicted octanol–water partition coefficient (Wildman–Crippen LogP) is 5.14. The van der Waals surface area contributed by atoms with E-state index in [-0.39, 0.29) is 17.9 Å². The van der Waals surface area contributed by atoms with Gasteiger partial charge in [-0.3, -0.25) is 4.79 Å². The molecule has 0 spiro atoms. The highest BCUT2D eigenvalue weighted by molar-refractivity contribution is 6.31. The van der Waals surface area contributed by atoms with Crippen molar-refractivity contribution in [3.8, 4) is 5.75 Å². The maximum absolute atomic E-state index is 14.2. The standard InChI is InChI=1S/C24H25ClFN3O2/c1-2-9-29(10-3-4-15-13-28-22-8-5-16(25)11-19(15)22)17-12-20-18(24(27)30)6-7-21(26)23(20)31-14-17/h5-8,11-13,28H,2-4,9-10,14H2,1H3,(H2,27,30). The maximum Gasteiger partial charge on any atom is 0.249 e. The molecule has 3 N–H and O–H groups in total. The first-order valence-electron chi connectivity index (χ1n) is 10.4. The number of ether oxygens (including phenoxy) is 1. The van der Waals surface area contributed by atoms with Gasteiger partial charge in [-0.2, -0.15) is 0 Å². The fourth-order valence-corrected chi connectivity index (χ4v) is 4.27. The molecular weight excluding hydrogens is 417 g/mol. The summed E-state index contributed by atoms with van der Waals surface area (Å²) in [5.74, 6) is -1.00. The van der Waals surface area contributed by atoms with Crippen molar-refractivity contribution in [3.05, 3.63) is 69.8 Å². The van der Waals surface area contributed by atoms with E-state index in [9.17, 15) is 9.18 Å². The Kier molecular flexibility index (Phi) is 6.18. The van der Waals surface area contributed by atoms with Gasteiger partial charge in [-0.15, -0.1) is 0 Å². The molecule has 0 atom stereocenters. The molecule has 3 aromatic rings. The molecule has 7 heteroatoms. The van der Waals surface area contributed by atoms with Crippen LogP contribution in [-0.2, 0) is 6.42 Å². The zero-order valence-corrected chi connectivity index (χ0v) is 18.1. The number of hydrogen-bond acceptors (Lipinski definition) is 3. The Labute approximate surface area is 185 Å². The molecule has 162 valence electrons. The van der Waals surface area contributed by atoms with Gasteiger partial charge in [0.2, 0.25) is 5.91 Å². The van der Waals surface area contributed by atoms with Gasteiger partial charge in [0, 0.05) is 40.8 Å². The minimum atomic E-state index is -0.600. The van der Waals surface area contributed by atoms with Crippen LogP contribution in [0.4, 0.5) is 4.39 Å². The summed E-state index contributed by atoms with van der Waals surface area (Å²) in [6, 6.07) is 8.48. The molecule has 5 nitrogen and oxygen atoms in total. The number of aryl methyl sites for hydroxylation is 1. The molecule has 1 aliphatic rings. The van der Waals surface area contributed by atoms with Crippen molar-refractivity contribution in [1.29, 1.82) is 0 Å². The van der Waals surface area contributed by atoms with Crippen molar-refractivity contribution in [1.82, 2.24) is 9.88 Å². The first kappa shape index (κ1) is 21.2. The number of nitrogens with zero attached hydrogens (tertiary/aromatic N) is 1. The highest BCUT2D eigenvalue weighted by Gasteiger charge is 2.23. The van der Waals surface area contributed by atoms with Gasteiger partial charge in [0.05, 0.1) is 11.3 Å². The Bertz CT molecular complexity index is 1160. The number of primary amides is 1. The van der Waals surface area contributed by atoms with Crippen molar-refractivity contribution in [3.63, 3.8) is 0 Å². The van der Waals surface area contributed by atoms with E-state index >= 15 is 0 Å². The van der Waals surface area contributed by atoms with Crippen LogP contribution in [0.5, 0.6) is 5.75 Å². The molecule has 4 rings (SSSR count). The number of fused-ring (bicyclic) bond motifs is 2. The SMILES string of the molecule is CCCN(CCCc1c[nH]c2ccc(Cl)cc12)C1=Cc2c(C(N)=O)ccc(F)c2OC1. The third kappa shape index (κ3) is 4.39. The molecule has 1 amide bonds. The summed E-state index contributed by atoms with van der Waals surface area (Å²) >= 11 is 6.16. The number of benzene rings is 2. The lowest BCUT2D eigenvalue weighted by Crippen LogP contribution is -2.30. The van der Waals surface area contributed by atoms with E-state index in [1.165, 1.54) is 17.7 Å². The van der Waals surface area contributed by atoms with Crippen LogP contribution in [0.1, 0.15) is 41.3 Å². The van der Waals surface area contributed by atoms with Crippen molar-refractivity contribution in [2.24, 2.45) is 5.73 Å². The molecule has 2 heterocycles. The summed E-state index contributed by atoms with van der Waals surface area (Å²) in [4.78, 5) is 17.3. The number of carbonyl (C=O) groups is 1. The molecule has 0 radical (unpaired) electrons. The van der Waals surface area contributed by atoms with Crippen molar-refractivity contribution >= 4 is 34.5 Å². The van der Waals surface area contributed by atoms with Crippen molar-refractivity contribution < 1.29 is 13.9 Å². The zero-order valence-electron chi connectivity index (χ0n) is 17.4. The van der Waals surface area contributed by atoms with Gasteiger partial charge in [-0.25, -0.2) is 4.39 Å². The van der Waals surface area contributed by atoms with Crippen LogP contribution in [0.3, 0.4) is 0 Å². The molecule has 1 aliphatic heterocycles. The van der Waals surface area contributed by atoms with E-state index in [1.807, 2.05) is 30.5 Å². The topological polar surface area (TPSA) is 71.3 Å². The van der Waals surface area contributed by atoms with E-state index < -0.39 is 11.7 Å². The molecule has 0 aliphatic carbocycles. The lowest BCUT2D eigenvalue weighted by molar-refractivity contribution is 0.0999. The highest BCUT2D eigenvalue weighted by Crippen LogP contribution is 2.33. The normalized spacial score (nSPS) is 12.9. The molecule has 1 aromatic heterocycles. The Balaban J connectivity index is 1.53. The lowest BCUT2D eigenvalue weighted by Gasteiger charge is -2.30. The van der Waals surface area contributed by atoms with Crippen LogP contribution < -0.4 is 10.5 Å². The Morgan fingerprint density at radius 1 is 1.29 bits per heavy atom. The van der Waals surface area contributed by atoms with E-state index in [2.05, 4.69) is 16.8 Å². The number of nitrogens with one attached hydrogen (secondary N) is 1. The summed E-state index contributed by atoms with van der Waals surface area (Å²) < 4.78 is 19.9. The van der Waals surface area contributed by atoms with Crippen molar-refractivity contribution in [2.75, 3.05) is 19.7 Å². The minimum absolute atomic E-state index is 0.0900. The van der Waals surface area contributed by atoms with Gasteiger partial charge in [-0.1, -0.05) is 18.5 Å². The monoisotopic (exact) mass is 441 g/mol. The largest absolute Gasteiger partial charge is 0.484 e. The molecule has 2 aromatic carbocycles. The van der Waals surface area contributed by atoms with Gasteiger partial charge in [-0.05, 0) is 61.2 Å². The van der Waals surface area contributed by atoms with Crippen LogP contribution in [0.25, 0.3) is 17.0 Å². The van der Waals surface area contributed by atoms with Crippen LogP contribution in [-0.4, -0.2) is 35.5 Å². The van der Waals surface area contributed by atoms with Gasteiger partial charge in [0.15, 0.2) is 11.6 Å². The lowest BCUT2D eigenvalue weighted by atomic mass is 10.0. The number of rotatable bonds is 8. The van der Waals surface area contributed by atoms with Crippen LogP contribution in [0.2, 0.25) is 5.02 Å². The number of hydrogen-bond donors (Lipinski definition) is 2. The molecule has 0 saturated carbocycles. The van der Waals surface area contributed by atoms with Crippen LogP contribution in [0.15, 0.2) is 42.2 Å². The number of amides is 1. The number of aromatic amines is 1. The zero-order chi connectivity index (χ0) is 22.0. The third-order valence-corrected chi connectivity index (χ3v) is 5.83. The molecule has 0 bridgehead atoms. The smallest absolute Gasteiger partial charge is 0.249 e. The maximum atomic E-state index is 14.2. The minimum Gasteiger partial charge on any atom is -0.484 e. The summed E-state index contributed by atoms with van der Waals surface area (Å²) in [5, 5.41) is 1.87. The second-order valence-corrected chi connectivity index (χ2v) is 8.16. The number of aromatic nitrogens is 1. The molecular formula is C24H25ClFN3O2. The molecule has 0 fully saturated rings. The average Bonchev–Trinajstić information content (AvgIpc) is 3.15. The van der Waals surface area contributed by atoms with Crippen LogP contribution in [0, 0.1) is 5.82 Å². The van der Waals surface area contributed by atoms with Gasteiger partial charge in [0.25, 0.3) is 0 Å². The summed E-state index contributed by atoms with van der Waals surface area (Å²) in [7, 11) is 0. The highest BCUT2D eigenvalue weighted by atomic mass is 35.5. The van der Waals surface area contributed by atoms with Gasteiger partial charge >= 0.3 is 0 Å². The Morgan fingerprint density at radius 2 is 2.13 bits per heavy atom. The predicted molar refractivity (Wildman–Crippen MR) is 122 cm³/mol. The van der Waals surface area contributed by atoms with E-state index in [1.54, 1.807) is 0 Å². The van der Waals surface area contributed by atoms with Crippen LogP contribution >= 0.6 is 11.6 Å². The van der Waals surface area contributed by atoms with Gasteiger partial charge in [0.1, 0.15) is 6.61 Å². The van der Waals surface area contributed by atoms with E-state index in [4.69, 9.17) is 22.1 Å². The fourth-order valence-electron chi connectivity index (χ4n) is 4.10. The quantitative estimate of drug-likeness (QED) is 0.508. The number of halogens is 2.